The van der Waals surface area contributed by atoms with Crippen molar-refractivity contribution < 1.29 is 23.9 Å². The summed E-state index contributed by atoms with van der Waals surface area (Å²) in [5.74, 6) is 0.177. The molecule has 1 unspecified atom stereocenters. The molecule has 0 aromatic heterocycles. The van der Waals surface area contributed by atoms with Crippen molar-refractivity contribution in [2.24, 2.45) is 11.3 Å². The Morgan fingerprint density at radius 2 is 1.62 bits per heavy atom. The van der Waals surface area contributed by atoms with Gasteiger partial charge in [-0.15, -0.1) is 0 Å². The second kappa shape index (κ2) is 13.9. The topological polar surface area (TPSA) is 93.7 Å². The Morgan fingerprint density at radius 1 is 0.969 bits per heavy atom. The van der Waals surface area contributed by atoms with Crippen LogP contribution < -0.4 is 15.4 Å². The first kappa shape index (κ1) is 27.6. The van der Waals surface area contributed by atoms with Crippen LogP contribution in [0, 0.1) is 11.3 Å². The summed E-state index contributed by atoms with van der Waals surface area (Å²) in [5.41, 5.74) is 0.871. The molecular formula is C25H40N2O5. The Kier molecular flexibility index (Phi) is 12.0. The van der Waals surface area contributed by atoms with Crippen LogP contribution in [0.3, 0.4) is 0 Å². The lowest BCUT2D eigenvalue weighted by Gasteiger charge is -2.19. The van der Waals surface area contributed by atoms with Gasteiger partial charge in [-0.2, -0.15) is 0 Å². The molecule has 0 bridgehead atoms. The van der Waals surface area contributed by atoms with Gasteiger partial charge in [0.15, 0.2) is 0 Å². The first-order valence-electron chi connectivity index (χ1n) is 11.4. The molecule has 7 nitrogen and oxygen atoms in total. The predicted molar refractivity (Wildman–Crippen MR) is 125 cm³/mol. The summed E-state index contributed by atoms with van der Waals surface area (Å²) >= 11 is 0. The zero-order valence-corrected chi connectivity index (χ0v) is 20.5. The van der Waals surface area contributed by atoms with Crippen LogP contribution in [-0.2, 0) is 19.1 Å². The molecule has 180 valence electrons. The van der Waals surface area contributed by atoms with Crippen LogP contribution >= 0.6 is 0 Å². The van der Waals surface area contributed by atoms with Gasteiger partial charge in [0.05, 0.1) is 12.5 Å². The second-order valence-corrected chi connectivity index (χ2v) is 9.69. The third-order valence-electron chi connectivity index (χ3n) is 4.59. The molecular weight excluding hydrogens is 408 g/mol. The molecule has 7 heteroatoms. The van der Waals surface area contributed by atoms with Crippen LogP contribution in [0.5, 0.6) is 5.75 Å². The number of ether oxygens (including phenoxy) is 2. The summed E-state index contributed by atoms with van der Waals surface area (Å²) in [6.45, 7) is 13.6. The van der Waals surface area contributed by atoms with Crippen molar-refractivity contribution in [2.75, 3.05) is 26.3 Å². The van der Waals surface area contributed by atoms with Crippen LogP contribution in [0.15, 0.2) is 24.3 Å². The summed E-state index contributed by atoms with van der Waals surface area (Å²) < 4.78 is 10.6. The highest BCUT2D eigenvalue weighted by Crippen LogP contribution is 2.26. The number of carbonyl (C=O) groups excluding carboxylic acids is 3. The van der Waals surface area contributed by atoms with Crippen LogP contribution in [-0.4, -0.2) is 44.1 Å². The summed E-state index contributed by atoms with van der Waals surface area (Å²) in [7, 11) is 0. The van der Waals surface area contributed by atoms with Crippen molar-refractivity contribution in [2.45, 2.75) is 66.7 Å². The molecule has 0 fully saturated rings. The normalized spacial score (nSPS) is 12.3. The Bertz CT molecular complexity index is 723. The number of hydrogen-bond acceptors (Lipinski definition) is 5. The minimum atomic E-state index is -0.374. The lowest BCUT2D eigenvalue weighted by molar-refractivity contribution is -0.132. The van der Waals surface area contributed by atoms with E-state index in [4.69, 9.17) is 9.47 Å². The predicted octanol–water partition coefficient (Wildman–Crippen LogP) is 3.82. The standard InChI is InChI=1S/C25H40N2O5/c1-18(2)16-22(20-8-10-21(11-9-20)32-19(3)28)24(30)27-13-15-31-14-7-12-26-23(29)17-25(4,5)6/h8-11,18,22H,7,12-17H2,1-6H3,(H,26,29)(H,27,30). The lowest BCUT2D eigenvalue weighted by atomic mass is 9.89. The fourth-order valence-corrected chi connectivity index (χ4v) is 3.22. The zero-order valence-electron chi connectivity index (χ0n) is 20.5. The highest BCUT2D eigenvalue weighted by molar-refractivity contribution is 5.83. The molecule has 1 aromatic rings. The van der Waals surface area contributed by atoms with E-state index in [1.807, 2.05) is 32.9 Å². The van der Waals surface area contributed by atoms with Gasteiger partial charge in [0.25, 0.3) is 0 Å². The van der Waals surface area contributed by atoms with Crippen LogP contribution in [0.2, 0.25) is 0 Å². The molecule has 2 N–H and O–H groups in total. The van der Waals surface area contributed by atoms with Gasteiger partial charge in [-0.05, 0) is 41.9 Å². The Morgan fingerprint density at radius 3 is 2.19 bits per heavy atom. The smallest absolute Gasteiger partial charge is 0.308 e. The van der Waals surface area contributed by atoms with Crippen molar-refractivity contribution in [1.29, 1.82) is 0 Å². The average molecular weight is 449 g/mol. The number of carbonyl (C=O) groups is 3. The Labute approximate surface area is 192 Å². The molecule has 0 aliphatic carbocycles. The van der Waals surface area contributed by atoms with E-state index in [0.29, 0.717) is 50.8 Å². The number of nitrogens with one attached hydrogen (secondary N) is 2. The zero-order chi connectivity index (χ0) is 24.1. The van der Waals surface area contributed by atoms with E-state index in [2.05, 4.69) is 24.5 Å². The fourth-order valence-electron chi connectivity index (χ4n) is 3.22. The summed E-state index contributed by atoms with van der Waals surface area (Å²) in [6.07, 6.45) is 1.95. The maximum absolute atomic E-state index is 12.8. The largest absolute Gasteiger partial charge is 0.427 e. The number of esters is 1. The third-order valence-corrected chi connectivity index (χ3v) is 4.59. The SMILES string of the molecule is CC(=O)Oc1ccc(C(CC(C)C)C(=O)NCCOCCCNC(=O)CC(C)(C)C)cc1. The van der Waals surface area contributed by atoms with Gasteiger partial charge in [-0.3, -0.25) is 14.4 Å². The van der Waals surface area contributed by atoms with E-state index in [1.54, 1.807) is 12.1 Å². The molecule has 0 aliphatic rings. The van der Waals surface area contributed by atoms with E-state index < -0.39 is 0 Å². The maximum Gasteiger partial charge on any atom is 0.308 e. The monoisotopic (exact) mass is 448 g/mol. The van der Waals surface area contributed by atoms with Crippen molar-refractivity contribution in [3.63, 3.8) is 0 Å². The molecule has 0 radical (unpaired) electrons. The highest BCUT2D eigenvalue weighted by atomic mass is 16.5. The minimum Gasteiger partial charge on any atom is -0.427 e. The average Bonchev–Trinajstić information content (AvgIpc) is 2.66. The molecule has 32 heavy (non-hydrogen) atoms. The van der Waals surface area contributed by atoms with Crippen molar-refractivity contribution in [1.82, 2.24) is 10.6 Å². The Balaban J connectivity index is 2.36. The molecule has 0 spiro atoms. The van der Waals surface area contributed by atoms with Crippen LogP contribution in [0.1, 0.15) is 72.3 Å². The maximum atomic E-state index is 12.8. The molecule has 2 amide bonds. The quantitative estimate of drug-likeness (QED) is 0.272. The summed E-state index contributed by atoms with van der Waals surface area (Å²) in [5, 5.41) is 5.85. The second-order valence-electron chi connectivity index (χ2n) is 9.69. The molecule has 0 aliphatic heterocycles. The van der Waals surface area contributed by atoms with Crippen LogP contribution in [0.4, 0.5) is 0 Å². The third kappa shape index (κ3) is 12.4. The van der Waals surface area contributed by atoms with E-state index in [9.17, 15) is 14.4 Å². The number of amides is 2. The minimum absolute atomic E-state index is 0.0173. The summed E-state index contributed by atoms with van der Waals surface area (Å²) in [6, 6.07) is 7.08. The van der Waals surface area contributed by atoms with Gasteiger partial charge in [-0.1, -0.05) is 46.8 Å². The summed E-state index contributed by atoms with van der Waals surface area (Å²) in [4.78, 5) is 35.6. The van der Waals surface area contributed by atoms with Crippen molar-refractivity contribution in [3.05, 3.63) is 29.8 Å². The lowest BCUT2D eigenvalue weighted by Crippen LogP contribution is -2.33. The number of benzene rings is 1. The van der Waals surface area contributed by atoms with E-state index in [0.717, 1.165) is 12.0 Å². The van der Waals surface area contributed by atoms with Gasteiger partial charge in [0.2, 0.25) is 11.8 Å². The molecule has 1 rings (SSSR count). The van der Waals surface area contributed by atoms with Crippen LogP contribution in [0.25, 0.3) is 0 Å². The molecule has 0 saturated heterocycles. The van der Waals surface area contributed by atoms with E-state index in [1.165, 1.54) is 6.92 Å². The van der Waals surface area contributed by atoms with Gasteiger partial charge < -0.3 is 20.1 Å². The molecule has 1 atom stereocenters. The first-order valence-corrected chi connectivity index (χ1v) is 11.4. The Hall–Kier alpha value is -2.41. The molecule has 0 heterocycles. The van der Waals surface area contributed by atoms with Crippen molar-refractivity contribution in [3.8, 4) is 5.75 Å². The van der Waals surface area contributed by atoms with Gasteiger partial charge in [0.1, 0.15) is 5.75 Å². The molecule has 0 saturated carbocycles. The van der Waals surface area contributed by atoms with Gasteiger partial charge in [-0.25, -0.2) is 0 Å². The van der Waals surface area contributed by atoms with Gasteiger partial charge >= 0.3 is 5.97 Å². The van der Waals surface area contributed by atoms with Gasteiger partial charge in [0, 0.05) is 33.0 Å². The fraction of sp³-hybridized carbons (Fsp3) is 0.640. The number of rotatable bonds is 13. The molecule has 1 aromatic carbocycles. The van der Waals surface area contributed by atoms with E-state index >= 15 is 0 Å². The number of hydrogen-bond donors (Lipinski definition) is 2. The van der Waals surface area contributed by atoms with Crippen molar-refractivity contribution >= 4 is 17.8 Å². The first-order chi connectivity index (χ1) is 15.0. The highest BCUT2D eigenvalue weighted by Gasteiger charge is 2.21. The van der Waals surface area contributed by atoms with E-state index in [-0.39, 0.29) is 29.1 Å².